The van der Waals surface area contributed by atoms with E-state index in [1.165, 1.54) is 0 Å². The Kier molecular flexibility index (Phi) is 18.9. The number of carbonyl (C=O) groups excluding carboxylic acids is 6. The number of fused-ring (bicyclic) bond motifs is 2. The van der Waals surface area contributed by atoms with E-state index in [0.29, 0.717) is 16.7 Å². The quantitative estimate of drug-likeness (QED) is 0.0279. The van der Waals surface area contributed by atoms with Crippen LogP contribution >= 0.6 is 0 Å². The number of nitrogens with two attached hydrogens (primary N) is 6. The molecule has 0 spiro atoms. The minimum absolute atomic E-state index is 0.00438. The lowest BCUT2D eigenvalue weighted by Crippen LogP contribution is -2.62. The Morgan fingerprint density at radius 1 is 0.389 bits per heavy atom. The molecule has 0 unspecified atom stereocenters. The number of hydrogen-bond acceptors (Lipinski definition) is 9. The summed E-state index contributed by atoms with van der Waals surface area (Å²) in [6.45, 7) is 0.286. The van der Waals surface area contributed by atoms with Crippen LogP contribution in [0.25, 0.3) is 21.8 Å². The number of aliphatic imine (C=N–C) groups is 3. The van der Waals surface area contributed by atoms with Crippen molar-refractivity contribution in [1.82, 2.24) is 41.9 Å². The lowest BCUT2D eigenvalue weighted by molar-refractivity contribution is -0.136. The zero-order chi connectivity index (χ0) is 51.6. The molecule has 72 heavy (non-hydrogen) atoms. The van der Waals surface area contributed by atoms with Gasteiger partial charge in [0.2, 0.25) is 35.4 Å². The van der Waals surface area contributed by atoms with E-state index < -0.39 is 71.7 Å². The van der Waals surface area contributed by atoms with E-state index in [1.807, 2.05) is 48.5 Å². The van der Waals surface area contributed by atoms with Gasteiger partial charge in [0.15, 0.2) is 17.9 Å². The third kappa shape index (κ3) is 15.4. The van der Waals surface area contributed by atoms with E-state index in [2.05, 4.69) is 56.8 Å². The first-order valence-electron chi connectivity index (χ1n) is 23.8. The van der Waals surface area contributed by atoms with Gasteiger partial charge < -0.3 is 76.3 Å². The molecule has 0 bridgehead atoms. The fourth-order valence-electron chi connectivity index (χ4n) is 8.47. The van der Waals surface area contributed by atoms with Crippen LogP contribution in [0.15, 0.2) is 106 Å². The number of para-hydroxylation sites is 2. The highest BCUT2D eigenvalue weighted by Gasteiger charge is 2.36. The number of H-pyrrole nitrogens is 2. The van der Waals surface area contributed by atoms with Crippen molar-refractivity contribution in [2.75, 3.05) is 19.6 Å². The van der Waals surface area contributed by atoms with Crippen LogP contribution in [0.3, 0.4) is 0 Å². The summed E-state index contributed by atoms with van der Waals surface area (Å²) < 4.78 is 0. The highest BCUT2D eigenvalue weighted by molar-refractivity contribution is 5.99. The van der Waals surface area contributed by atoms with E-state index in [4.69, 9.17) is 34.4 Å². The van der Waals surface area contributed by atoms with Gasteiger partial charge in [0.25, 0.3) is 0 Å². The molecule has 5 aromatic rings. The summed E-state index contributed by atoms with van der Waals surface area (Å²) in [6.07, 6.45) is 3.96. The Morgan fingerprint density at radius 3 is 1.06 bits per heavy atom. The van der Waals surface area contributed by atoms with Gasteiger partial charge in [-0.25, -0.2) is 0 Å². The Balaban J connectivity index is 1.45. The number of nitrogens with zero attached hydrogens (tertiary/aromatic N) is 3. The Morgan fingerprint density at radius 2 is 0.694 bits per heavy atom. The minimum Gasteiger partial charge on any atom is -0.370 e. The molecule has 23 nitrogen and oxygen atoms in total. The second-order valence-corrected chi connectivity index (χ2v) is 17.5. The fourth-order valence-corrected chi connectivity index (χ4v) is 8.47. The fraction of sp³-hybridized carbons (Fsp3) is 0.367. The predicted octanol–water partition coefficient (Wildman–Crippen LogP) is -1.24. The van der Waals surface area contributed by atoms with E-state index in [9.17, 15) is 28.8 Å². The molecular weight excluding hydrogens is 923 g/mol. The normalized spacial score (nSPS) is 20.4. The van der Waals surface area contributed by atoms with Crippen LogP contribution in [0.4, 0.5) is 0 Å². The number of aromatic amines is 2. The van der Waals surface area contributed by atoms with Crippen molar-refractivity contribution < 1.29 is 28.8 Å². The third-order valence-corrected chi connectivity index (χ3v) is 12.1. The largest absolute Gasteiger partial charge is 0.370 e. The first-order chi connectivity index (χ1) is 34.6. The molecule has 23 heteroatoms. The predicted molar refractivity (Wildman–Crippen MR) is 275 cm³/mol. The van der Waals surface area contributed by atoms with Crippen molar-refractivity contribution in [3.63, 3.8) is 0 Å². The summed E-state index contributed by atoms with van der Waals surface area (Å²) in [5.41, 5.74) is 37.1. The molecule has 382 valence electrons. The first-order valence-corrected chi connectivity index (χ1v) is 23.8. The molecule has 0 radical (unpaired) electrons. The van der Waals surface area contributed by atoms with Crippen LogP contribution in [0.1, 0.15) is 55.2 Å². The zero-order valence-corrected chi connectivity index (χ0v) is 39.9. The SMILES string of the molecule is NC(N)=NCCC[C@@H]1NC(=O)[C@H](CCCN=C(N)N)NC(=O)[C@H](Cc2ccccc2)NC(=O)[C@H](Cc2c[nH]c3ccccc23)NC(=O)[C@H](Cc2c[nH]c3ccccc23)NC(=O)[C@H](CCCN=C(N)N)NC1=O. The minimum atomic E-state index is -1.33. The van der Waals surface area contributed by atoms with Crippen molar-refractivity contribution in [3.05, 3.63) is 108 Å². The molecule has 1 saturated heterocycles. The maximum atomic E-state index is 15.0. The van der Waals surface area contributed by atoms with Gasteiger partial charge in [-0.15, -0.1) is 0 Å². The van der Waals surface area contributed by atoms with Gasteiger partial charge in [-0.1, -0.05) is 66.7 Å². The topological polar surface area (TPSA) is 399 Å². The molecule has 1 fully saturated rings. The Bertz CT molecular complexity index is 2760. The summed E-state index contributed by atoms with van der Waals surface area (Å²) in [5, 5.41) is 18.6. The van der Waals surface area contributed by atoms with Crippen molar-refractivity contribution in [2.24, 2.45) is 49.4 Å². The Labute approximate surface area is 415 Å². The number of aromatic nitrogens is 2. The zero-order valence-electron chi connectivity index (χ0n) is 39.9. The molecule has 6 rings (SSSR count). The molecule has 6 amide bonds. The maximum absolute atomic E-state index is 15.0. The lowest BCUT2D eigenvalue weighted by atomic mass is 9.99. The van der Waals surface area contributed by atoms with Crippen molar-refractivity contribution >= 4 is 75.1 Å². The van der Waals surface area contributed by atoms with Gasteiger partial charge in [-0.3, -0.25) is 43.7 Å². The van der Waals surface area contributed by atoms with Crippen LogP contribution in [-0.4, -0.2) is 119 Å². The number of hydrogen-bond donors (Lipinski definition) is 14. The number of carbonyl (C=O) groups is 6. The summed E-state index contributed by atoms with van der Waals surface area (Å²) in [4.78, 5) is 107. The molecule has 1 aliphatic rings. The van der Waals surface area contributed by atoms with Gasteiger partial charge in [-0.2, -0.15) is 0 Å². The molecule has 3 aromatic carbocycles. The third-order valence-electron chi connectivity index (χ3n) is 12.1. The summed E-state index contributed by atoms with van der Waals surface area (Å²) >= 11 is 0. The second-order valence-electron chi connectivity index (χ2n) is 17.5. The standard InChI is InChI=1S/C49H65N17O6/c50-47(51)56-20-8-17-35-41(67)62-37(19-10-22-58-49(54)55)43(69)65-39(24-29-26-59-33-15-6-4-13-31(29)33)46(72)66-40(25-30-27-60-34-16-7-5-14-32(30)34)45(71)64-38(23-28-11-2-1-3-12-28)44(70)63-36(42(68)61-35)18-9-21-57-48(52)53/h1-7,11-16,26-27,35-40,59-60H,8-10,17-25H2,(H,61,68)(H,62,67)(H,63,70)(H,64,71)(H,65,69)(H,66,72)(H4,50,51,56)(H4,52,53,57)(H4,54,55,58)/t35-,36-,37-,38-,39-,40-/m0/s1. The molecule has 20 N–H and O–H groups in total. The van der Waals surface area contributed by atoms with E-state index in [0.717, 1.165) is 21.8 Å². The van der Waals surface area contributed by atoms with Crippen molar-refractivity contribution in [1.29, 1.82) is 0 Å². The average molecular weight is 988 g/mol. The van der Waals surface area contributed by atoms with Gasteiger partial charge >= 0.3 is 0 Å². The van der Waals surface area contributed by atoms with Crippen LogP contribution in [0.2, 0.25) is 0 Å². The molecular formula is C49H65N17O6. The summed E-state index contributed by atoms with van der Waals surface area (Å²) in [7, 11) is 0. The molecule has 6 atom stereocenters. The van der Waals surface area contributed by atoms with Gasteiger partial charge in [-0.05, 0) is 67.3 Å². The Hall–Kier alpha value is -8.63. The maximum Gasteiger partial charge on any atom is 0.243 e. The van der Waals surface area contributed by atoms with E-state index >= 15 is 0 Å². The van der Waals surface area contributed by atoms with E-state index in [-0.39, 0.29) is 95.3 Å². The van der Waals surface area contributed by atoms with Crippen LogP contribution in [0, 0.1) is 0 Å². The second kappa shape index (κ2) is 25.8. The number of nitrogens with one attached hydrogen (secondary N) is 8. The van der Waals surface area contributed by atoms with Crippen molar-refractivity contribution in [3.8, 4) is 0 Å². The molecule has 0 saturated carbocycles. The van der Waals surface area contributed by atoms with Crippen LogP contribution in [-0.2, 0) is 48.0 Å². The number of guanidine groups is 3. The van der Waals surface area contributed by atoms with Crippen LogP contribution in [0.5, 0.6) is 0 Å². The van der Waals surface area contributed by atoms with Crippen LogP contribution < -0.4 is 66.3 Å². The monoisotopic (exact) mass is 988 g/mol. The molecule has 3 heterocycles. The number of benzene rings is 3. The lowest BCUT2D eigenvalue weighted by Gasteiger charge is -2.29. The summed E-state index contributed by atoms with van der Waals surface area (Å²) in [5.74, 6) is -4.96. The van der Waals surface area contributed by atoms with Gasteiger partial charge in [0.1, 0.15) is 36.3 Å². The van der Waals surface area contributed by atoms with Gasteiger partial charge in [0.05, 0.1) is 0 Å². The molecule has 1 aliphatic heterocycles. The number of amides is 6. The average Bonchev–Trinajstić information content (AvgIpc) is 3.96. The van der Waals surface area contributed by atoms with Crippen molar-refractivity contribution in [2.45, 2.75) is 94.0 Å². The first kappa shape index (κ1) is 52.7. The highest BCUT2D eigenvalue weighted by atomic mass is 16.2. The van der Waals surface area contributed by atoms with E-state index in [1.54, 1.807) is 42.7 Å². The molecule has 0 aliphatic carbocycles. The molecule has 2 aromatic heterocycles. The summed E-state index contributed by atoms with van der Waals surface area (Å²) in [6, 6.07) is 16.0. The smallest absolute Gasteiger partial charge is 0.243 e. The number of rotatable bonds is 18. The highest BCUT2D eigenvalue weighted by Crippen LogP contribution is 2.22. The van der Waals surface area contributed by atoms with Gasteiger partial charge in [0, 0.05) is 73.1 Å².